The van der Waals surface area contributed by atoms with E-state index < -0.39 is 0 Å². The Morgan fingerprint density at radius 3 is 1.71 bits per heavy atom. The first-order valence-corrected chi connectivity index (χ1v) is 9.41. The van der Waals surface area contributed by atoms with Crippen LogP contribution < -0.4 is 4.90 Å². The average Bonchev–Trinajstić information content (AvgIpc) is 2.78. The number of halogens is 1. The third-order valence-corrected chi connectivity index (χ3v) is 5.28. The highest BCUT2D eigenvalue weighted by Crippen LogP contribution is 2.45. The van der Waals surface area contributed by atoms with E-state index in [4.69, 9.17) is 11.6 Å². The van der Waals surface area contributed by atoms with Crippen molar-refractivity contribution >= 4 is 50.2 Å². The first-order chi connectivity index (χ1) is 13.8. The highest BCUT2D eigenvalue weighted by Gasteiger charge is 2.20. The Hall–Kier alpha value is -3.43. The highest BCUT2D eigenvalue weighted by atomic mass is 35.5. The Labute approximate surface area is 167 Å². The van der Waals surface area contributed by atoms with Crippen LogP contribution in [0.1, 0.15) is 0 Å². The van der Waals surface area contributed by atoms with E-state index in [2.05, 4.69) is 39.1 Å². The van der Waals surface area contributed by atoms with E-state index in [1.165, 1.54) is 0 Å². The molecule has 5 aromatic rings. The van der Waals surface area contributed by atoms with E-state index in [0.717, 1.165) is 38.6 Å². The number of hydrogen-bond acceptors (Lipinski definition) is 3. The van der Waals surface area contributed by atoms with E-state index in [0.29, 0.717) is 5.02 Å². The number of aromatic nitrogens is 2. The molecule has 0 aliphatic carbocycles. The zero-order valence-corrected chi connectivity index (χ0v) is 15.7. The van der Waals surface area contributed by atoms with Gasteiger partial charge in [0.15, 0.2) is 0 Å². The van der Waals surface area contributed by atoms with Crippen LogP contribution in [0.5, 0.6) is 0 Å². The monoisotopic (exact) mass is 381 g/mol. The smallest absolute Gasteiger partial charge is 0.0636 e. The molecule has 0 saturated heterocycles. The van der Waals surface area contributed by atoms with Crippen molar-refractivity contribution in [2.24, 2.45) is 0 Å². The summed E-state index contributed by atoms with van der Waals surface area (Å²) in [5, 5.41) is 4.62. The normalized spacial score (nSPS) is 11.0. The summed E-state index contributed by atoms with van der Waals surface area (Å²) in [6, 6.07) is 24.6. The first kappa shape index (κ1) is 16.7. The Morgan fingerprint density at radius 1 is 0.571 bits per heavy atom. The molecule has 0 fully saturated rings. The van der Waals surface area contributed by atoms with Crippen molar-refractivity contribution in [3.8, 4) is 0 Å². The number of rotatable bonds is 3. The van der Waals surface area contributed by atoms with Gasteiger partial charge in [-0.3, -0.25) is 9.97 Å². The Kier molecular flexibility index (Phi) is 4.15. The molecule has 4 heteroatoms. The van der Waals surface area contributed by atoms with Gasteiger partial charge in [0.25, 0.3) is 0 Å². The molecule has 2 heterocycles. The Bertz CT molecular complexity index is 1170. The van der Waals surface area contributed by atoms with Gasteiger partial charge in [-0.2, -0.15) is 0 Å². The fourth-order valence-electron chi connectivity index (χ4n) is 3.64. The van der Waals surface area contributed by atoms with Crippen LogP contribution in [0.4, 0.5) is 17.1 Å². The maximum atomic E-state index is 6.76. The lowest BCUT2D eigenvalue weighted by Gasteiger charge is -2.28. The molecule has 2 aromatic heterocycles. The summed E-state index contributed by atoms with van der Waals surface area (Å²) in [5.41, 5.74) is 3.18. The standard InChI is InChI=1S/C24H16ClN3/c25-23-19-11-13-27-16-22(19)24(20-12-14-26-15-21(20)23)28(17-7-3-1-4-8-17)18-9-5-2-6-10-18/h1-16H. The van der Waals surface area contributed by atoms with Crippen molar-refractivity contribution in [3.63, 3.8) is 0 Å². The Morgan fingerprint density at radius 2 is 1.11 bits per heavy atom. The predicted octanol–water partition coefficient (Wildman–Crippen LogP) is 6.91. The van der Waals surface area contributed by atoms with Gasteiger partial charge in [0.2, 0.25) is 0 Å². The van der Waals surface area contributed by atoms with Gasteiger partial charge in [-0.1, -0.05) is 48.0 Å². The topological polar surface area (TPSA) is 29.0 Å². The van der Waals surface area contributed by atoms with E-state index in [1.807, 2.05) is 60.9 Å². The molecular formula is C24H16ClN3. The fraction of sp³-hybridized carbons (Fsp3) is 0. The van der Waals surface area contributed by atoms with E-state index >= 15 is 0 Å². The van der Waals surface area contributed by atoms with Gasteiger partial charge < -0.3 is 4.90 Å². The summed E-state index contributed by atoms with van der Waals surface area (Å²) in [5.74, 6) is 0. The van der Waals surface area contributed by atoms with Crippen LogP contribution in [0.15, 0.2) is 97.6 Å². The molecule has 0 radical (unpaired) electrons. The lowest BCUT2D eigenvalue weighted by Crippen LogP contribution is -2.11. The first-order valence-electron chi connectivity index (χ1n) is 9.04. The summed E-state index contributed by atoms with van der Waals surface area (Å²) in [6.45, 7) is 0. The quantitative estimate of drug-likeness (QED) is 0.318. The molecule has 0 aliphatic rings. The lowest BCUT2D eigenvalue weighted by atomic mass is 10.0. The molecule has 28 heavy (non-hydrogen) atoms. The minimum absolute atomic E-state index is 0.699. The molecule has 0 N–H and O–H groups in total. The molecule has 0 bridgehead atoms. The van der Waals surface area contributed by atoms with Crippen LogP contribution in [-0.4, -0.2) is 9.97 Å². The van der Waals surface area contributed by atoms with Crippen LogP contribution in [0, 0.1) is 0 Å². The average molecular weight is 382 g/mol. The molecule has 0 atom stereocenters. The SMILES string of the molecule is Clc1c2cnccc2c(N(c2ccccc2)c2ccccc2)c2cnccc12. The van der Waals surface area contributed by atoms with E-state index in [1.54, 1.807) is 12.4 Å². The molecule has 0 aliphatic heterocycles. The van der Waals surface area contributed by atoms with Crippen LogP contribution in [-0.2, 0) is 0 Å². The number of nitrogens with zero attached hydrogens (tertiary/aromatic N) is 3. The van der Waals surface area contributed by atoms with Gasteiger partial charge in [-0.25, -0.2) is 0 Å². The highest BCUT2D eigenvalue weighted by molar-refractivity contribution is 6.42. The second-order valence-electron chi connectivity index (χ2n) is 6.51. The van der Waals surface area contributed by atoms with Crippen molar-refractivity contribution in [3.05, 3.63) is 103 Å². The molecule has 3 nitrogen and oxygen atoms in total. The van der Waals surface area contributed by atoms with E-state index in [-0.39, 0.29) is 0 Å². The van der Waals surface area contributed by atoms with Gasteiger partial charge in [0.1, 0.15) is 0 Å². The molecule has 134 valence electrons. The maximum absolute atomic E-state index is 6.76. The van der Waals surface area contributed by atoms with Crippen LogP contribution in [0.2, 0.25) is 5.02 Å². The molecule has 0 unspecified atom stereocenters. The third-order valence-electron chi connectivity index (χ3n) is 4.88. The number of anilines is 3. The third kappa shape index (κ3) is 2.68. The second-order valence-corrected chi connectivity index (χ2v) is 6.89. The number of para-hydroxylation sites is 2. The van der Waals surface area contributed by atoms with Crippen LogP contribution >= 0.6 is 11.6 Å². The summed E-state index contributed by atoms with van der Waals surface area (Å²) < 4.78 is 0. The molecule has 0 saturated carbocycles. The molecule has 0 amide bonds. The summed E-state index contributed by atoms with van der Waals surface area (Å²) >= 11 is 6.76. The number of pyridine rings is 2. The zero-order valence-electron chi connectivity index (χ0n) is 15.0. The fourth-order valence-corrected chi connectivity index (χ4v) is 3.96. The molecule has 5 rings (SSSR count). The summed E-state index contributed by atoms with van der Waals surface area (Å²) in [6.07, 6.45) is 7.29. The molecule has 3 aromatic carbocycles. The number of hydrogen-bond donors (Lipinski definition) is 0. The van der Waals surface area contributed by atoms with Crippen molar-refractivity contribution in [2.45, 2.75) is 0 Å². The van der Waals surface area contributed by atoms with Crippen LogP contribution in [0.3, 0.4) is 0 Å². The lowest BCUT2D eigenvalue weighted by molar-refractivity contribution is 1.29. The van der Waals surface area contributed by atoms with E-state index in [9.17, 15) is 0 Å². The van der Waals surface area contributed by atoms with Crippen LogP contribution in [0.25, 0.3) is 21.5 Å². The van der Waals surface area contributed by atoms with Gasteiger partial charge in [-0.15, -0.1) is 0 Å². The molecule has 0 spiro atoms. The number of fused-ring (bicyclic) bond motifs is 2. The summed E-state index contributed by atoms with van der Waals surface area (Å²) in [4.78, 5) is 11.0. The maximum Gasteiger partial charge on any atom is 0.0636 e. The van der Waals surface area contributed by atoms with Crippen molar-refractivity contribution in [2.75, 3.05) is 4.90 Å². The van der Waals surface area contributed by atoms with Gasteiger partial charge in [0.05, 0.1) is 10.7 Å². The predicted molar refractivity (Wildman–Crippen MR) is 117 cm³/mol. The largest absolute Gasteiger partial charge is 0.309 e. The van der Waals surface area contributed by atoms with Crippen molar-refractivity contribution < 1.29 is 0 Å². The molecular weight excluding hydrogens is 366 g/mol. The Balaban J connectivity index is 1.95. The van der Waals surface area contributed by atoms with Crippen molar-refractivity contribution in [1.29, 1.82) is 0 Å². The summed E-state index contributed by atoms with van der Waals surface area (Å²) in [7, 11) is 0. The van der Waals surface area contributed by atoms with Gasteiger partial charge in [0, 0.05) is 57.7 Å². The minimum atomic E-state index is 0.699. The minimum Gasteiger partial charge on any atom is -0.309 e. The number of benzene rings is 3. The van der Waals surface area contributed by atoms with Gasteiger partial charge in [-0.05, 0) is 36.4 Å². The van der Waals surface area contributed by atoms with Crippen molar-refractivity contribution in [1.82, 2.24) is 9.97 Å². The zero-order chi connectivity index (χ0) is 18.9. The second kappa shape index (κ2) is 6.95. The van der Waals surface area contributed by atoms with Gasteiger partial charge >= 0.3 is 0 Å².